The molecule has 3 rings (SSSR count). The molecule has 0 unspecified atom stereocenters. The fraction of sp³-hybridized carbons (Fsp3) is 0.250. The third kappa shape index (κ3) is 2.59. The van der Waals surface area contributed by atoms with E-state index in [1.165, 1.54) is 5.56 Å². The van der Waals surface area contributed by atoms with Crippen molar-refractivity contribution in [1.29, 1.82) is 0 Å². The Hall–Kier alpha value is -2.93. The van der Waals surface area contributed by atoms with Crippen LogP contribution in [0, 0.1) is 25.7 Å². The molecule has 4 nitrogen and oxygen atoms in total. The van der Waals surface area contributed by atoms with Crippen molar-refractivity contribution in [3.05, 3.63) is 65.9 Å². The molecule has 0 N–H and O–H groups in total. The molecule has 0 radical (unpaired) electrons. The predicted octanol–water partition coefficient (Wildman–Crippen LogP) is 3.28. The lowest BCUT2D eigenvalue weighted by Gasteiger charge is -2.37. The molecule has 2 aromatic rings. The molecule has 2 heterocycles. The van der Waals surface area contributed by atoms with E-state index in [2.05, 4.69) is 53.6 Å². The maximum atomic E-state index is 4.68. The van der Waals surface area contributed by atoms with Crippen LogP contribution in [0.15, 0.2) is 43.2 Å². The van der Waals surface area contributed by atoms with Crippen LogP contribution >= 0.6 is 0 Å². The molecular weight excluding hydrogens is 296 g/mol. The number of fused-ring (bicyclic) bond motifs is 1. The third-order valence-electron chi connectivity index (χ3n) is 4.42. The number of aryl methyl sites for hydroxylation is 2. The summed E-state index contributed by atoms with van der Waals surface area (Å²) in [6, 6.07) is 8.20. The standard InChI is InChI=1S/C20H22N4/c1-14-9-7-10-18(13-14)11-8-12-24-17(4)22(5)15(2)19-20(24)21-16(3)23(19)6/h7,9-10,13H,2,4,12H2,1,3,5-6H3. The van der Waals surface area contributed by atoms with Crippen molar-refractivity contribution >= 4 is 11.5 Å². The molecule has 4 heteroatoms. The van der Waals surface area contributed by atoms with Crippen LogP contribution in [0.5, 0.6) is 0 Å². The summed E-state index contributed by atoms with van der Waals surface area (Å²) in [4.78, 5) is 8.71. The quantitative estimate of drug-likeness (QED) is 0.754. The van der Waals surface area contributed by atoms with E-state index in [0.29, 0.717) is 6.54 Å². The summed E-state index contributed by atoms with van der Waals surface area (Å²) in [7, 11) is 3.97. The smallest absolute Gasteiger partial charge is 0.163 e. The number of nitrogens with zero attached hydrogens (tertiary/aromatic N) is 4. The summed E-state index contributed by atoms with van der Waals surface area (Å²) in [5.41, 5.74) is 4.15. The zero-order valence-electron chi connectivity index (χ0n) is 14.7. The monoisotopic (exact) mass is 318 g/mol. The highest BCUT2D eigenvalue weighted by Crippen LogP contribution is 2.36. The minimum atomic E-state index is 0.536. The van der Waals surface area contributed by atoms with Crippen molar-refractivity contribution in [3.63, 3.8) is 0 Å². The lowest BCUT2D eigenvalue weighted by molar-refractivity contribution is 0.552. The molecule has 0 amide bonds. The second kappa shape index (κ2) is 5.93. The Kier molecular flexibility index (Phi) is 3.94. The van der Waals surface area contributed by atoms with Crippen molar-refractivity contribution in [2.24, 2.45) is 7.05 Å². The van der Waals surface area contributed by atoms with Crippen LogP contribution in [0.2, 0.25) is 0 Å². The van der Waals surface area contributed by atoms with E-state index >= 15 is 0 Å². The van der Waals surface area contributed by atoms with Gasteiger partial charge in [-0.3, -0.25) is 4.90 Å². The SMILES string of the molecule is C=C1c2c(nc(C)n2C)N(CC#Cc2cccc(C)c2)C(=C)N1C. The Morgan fingerprint density at radius 2 is 1.92 bits per heavy atom. The topological polar surface area (TPSA) is 24.3 Å². The molecule has 0 saturated carbocycles. The molecule has 24 heavy (non-hydrogen) atoms. The van der Waals surface area contributed by atoms with Crippen molar-refractivity contribution in [1.82, 2.24) is 14.5 Å². The van der Waals surface area contributed by atoms with E-state index < -0.39 is 0 Å². The third-order valence-corrected chi connectivity index (χ3v) is 4.42. The maximum absolute atomic E-state index is 4.68. The highest BCUT2D eigenvalue weighted by Gasteiger charge is 2.30. The zero-order valence-corrected chi connectivity index (χ0v) is 14.7. The summed E-state index contributed by atoms with van der Waals surface area (Å²) in [6.45, 7) is 13.0. The summed E-state index contributed by atoms with van der Waals surface area (Å²) in [5.74, 6) is 9.13. The number of hydrogen-bond acceptors (Lipinski definition) is 3. The molecule has 0 atom stereocenters. The Labute approximate surface area is 143 Å². The molecular formula is C20H22N4. The number of benzene rings is 1. The van der Waals surface area contributed by atoms with Crippen LogP contribution in [-0.4, -0.2) is 28.0 Å². The van der Waals surface area contributed by atoms with E-state index in [4.69, 9.17) is 0 Å². The highest BCUT2D eigenvalue weighted by molar-refractivity contribution is 5.77. The van der Waals surface area contributed by atoms with Crippen molar-refractivity contribution in [3.8, 4) is 11.8 Å². The van der Waals surface area contributed by atoms with Gasteiger partial charge in [-0.1, -0.05) is 37.1 Å². The van der Waals surface area contributed by atoms with Crippen LogP contribution in [0.25, 0.3) is 5.70 Å². The van der Waals surface area contributed by atoms with Crippen LogP contribution < -0.4 is 4.90 Å². The van der Waals surface area contributed by atoms with Gasteiger partial charge in [-0.05, 0) is 31.5 Å². The van der Waals surface area contributed by atoms with Crippen LogP contribution in [0.3, 0.4) is 0 Å². The average molecular weight is 318 g/mol. The van der Waals surface area contributed by atoms with Gasteiger partial charge < -0.3 is 9.47 Å². The van der Waals surface area contributed by atoms with E-state index in [-0.39, 0.29) is 0 Å². The molecule has 122 valence electrons. The minimum absolute atomic E-state index is 0.536. The number of hydrogen-bond donors (Lipinski definition) is 0. The van der Waals surface area contributed by atoms with E-state index in [9.17, 15) is 0 Å². The Balaban J connectivity index is 1.94. The Morgan fingerprint density at radius 3 is 2.62 bits per heavy atom. The molecule has 1 aliphatic rings. The molecule has 0 bridgehead atoms. The number of imidazole rings is 1. The summed E-state index contributed by atoms with van der Waals surface area (Å²) < 4.78 is 2.06. The molecule has 1 aromatic heterocycles. The van der Waals surface area contributed by atoms with Gasteiger partial charge in [0.15, 0.2) is 5.82 Å². The van der Waals surface area contributed by atoms with Crippen molar-refractivity contribution in [2.75, 3.05) is 18.5 Å². The van der Waals surface area contributed by atoms with Gasteiger partial charge in [0, 0.05) is 19.7 Å². The molecule has 0 saturated heterocycles. The van der Waals surface area contributed by atoms with Gasteiger partial charge in [-0.25, -0.2) is 4.98 Å². The maximum Gasteiger partial charge on any atom is 0.163 e. The molecule has 0 spiro atoms. The zero-order chi connectivity index (χ0) is 17.4. The van der Waals surface area contributed by atoms with Gasteiger partial charge in [0.2, 0.25) is 0 Å². The van der Waals surface area contributed by atoms with E-state index in [1.54, 1.807) is 0 Å². The van der Waals surface area contributed by atoms with E-state index in [0.717, 1.165) is 34.4 Å². The summed E-state index contributed by atoms with van der Waals surface area (Å²) in [5, 5.41) is 0. The fourth-order valence-corrected chi connectivity index (χ4v) is 2.83. The Morgan fingerprint density at radius 1 is 1.17 bits per heavy atom. The second-order valence-electron chi connectivity index (χ2n) is 6.07. The highest BCUT2D eigenvalue weighted by atomic mass is 15.4. The van der Waals surface area contributed by atoms with Gasteiger partial charge in [0.25, 0.3) is 0 Å². The van der Waals surface area contributed by atoms with Gasteiger partial charge in [0.1, 0.15) is 17.3 Å². The summed E-state index contributed by atoms with van der Waals surface area (Å²) >= 11 is 0. The first-order valence-corrected chi connectivity index (χ1v) is 7.88. The van der Waals surface area contributed by atoms with Crippen LogP contribution in [0.4, 0.5) is 5.82 Å². The van der Waals surface area contributed by atoms with Crippen LogP contribution in [0.1, 0.15) is 22.6 Å². The number of aromatic nitrogens is 2. The Bertz CT molecular complexity index is 892. The van der Waals surface area contributed by atoms with Gasteiger partial charge in [-0.2, -0.15) is 0 Å². The molecule has 1 aromatic carbocycles. The van der Waals surface area contributed by atoms with E-state index in [1.807, 2.05) is 43.0 Å². The normalized spacial score (nSPS) is 13.7. The number of anilines is 1. The summed E-state index contributed by atoms with van der Waals surface area (Å²) in [6.07, 6.45) is 0. The predicted molar refractivity (Wildman–Crippen MR) is 99.3 cm³/mol. The largest absolute Gasteiger partial charge is 0.330 e. The van der Waals surface area contributed by atoms with Crippen LogP contribution in [-0.2, 0) is 7.05 Å². The van der Waals surface area contributed by atoms with Gasteiger partial charge in [0.05, 0.1) is 12.2 Å². The average Bonchev–Trinajstić information content (AvgIpc) is 2.84. The fourth-order valence-electron chi connectivity index (χ4n) is 2.83. The van der Waals surface area contributed by atoms with Gasteiger partial charge >= 0.3 is 0 Å². The first-order chi connectivity index (χ1) is 11.4. The van der Waals surface area contributed by atoms with Crippen molar-refractivity contribution in [2.45, 2.75) is 13.8 Å². The second-order valence-corrected chi connectivity index (χ2v) is 6.07. The number of rotatable bonds is 1. The first-order valence-electron chi connectivity index (χ1n) is 7.88. The minimum Gasteiger partial charge on any atom is -0.330 e. The first kappa shape index (κ1) is 15.9. The lowest BCUT2D eigenvalue weighted by atomic mass is 10.1. The van der Waals surface area contributed by atoms with Crippen molar-refractivity contribution < 1.29 is 0 Å². The van der Waals surface area contributed by atoms with Gasteiger partial charge in [-0.15, -0.1) is 0 Å². The lowest BCUT2D eigenvalue weighted by Crippen LogP contribution is -2.37. The molecule has 0 fully saturated rings. The molecule has 1 aliphatic heterocycles. The molecule has 0 aliphatic carbocycles.